The largest absolute Gasteiger partial charge is 0.398 e. The number of carbonyl (C=O) groups excluding carboxylic acids is 1. The van der Waals surface area contributed by atoms with Gasteiger partial charge in [-0.25, -0.2) is 0 Å². The van der Waals surface area contributed by atoms with Crippen LogP contribution in [0.15, 0.2) is 21.5 Å². The average Bonchev–Trinajstić information content (AvgIpc) is 2.24. The molecule has 0 fully saturated rings. The summed E-state index contributed by atoms with van der Waals surface area (Å²) < 4.78 is 1.96. The van der Waals surface area contributed by atoms with Gasteiger partial charge in [-0.3, -0.25) is 9.59 Å². The van der Waals surface area contributed by atoms with E-state index in [1.54, 1.807) is 26.4 Å². The molecule has 17 heavy (non-hydrogen) atoms. The van der Waals surface area contributed by atoms with Crippen LogP contribution in [0.1, 0.15) is 12.8 Å². The van der Waals surface area contributed by atoms with Crippen molar-refractivity contribution in [1.29, 1.82) is 0 Å². The maximum atomic E-state index is 11.7. The summed E-state index contributed by atoms with van der Waals surface area (Å²) in [7, 11) is 3.43. The molecule has 0 aliphatic rings. The zero-order valence-corrected chi connectivity index (χ0v) is 11.5. The SMILES string of the molecule is CN(C)C(=O)CCCn1cc(N)cc(Br)c1=O. The van der Waals surface area contributed by atoms with E-state index in [4.69, 9.17) is 5.73 Å². The number of nitrogen functional groups attached to an aromatic ring is 1. The van der Waals surface area contributed by atoms with Crippen LogP contribution in [0.4, 0.5) is 5.69 Å². The van der Waals surface area contributed by atoms with Gasteiger partial charge in [0, 0.05) is 38.9 Å². The zero-order chi connectivity index (χ0) is 13.0. The number of hydrogen-bond acceptors (Lipinski definition) is 3. The summed E-state index contributed by atoms with van der Waals surface area (Å²) in [6.45, 7) is 0.488. The van der Waals surface area contributed by atoms with Crippen LogP contribution < -0.4 is 11.3 Å². The van der Waals surface area contributed by atoms with Crippen LogP contribution in [0.5, 0.6) is 0 Å². The Labute approximate surface area is 108 Å². The molecule has 5 nitrogen and oxygen atoms in total. The van der Waals surface area contributed by atoms with Gasteiger partial charge < -0.3 is 15.2 Å². The molecule has 1 amide bonds. The maximum Gasteiger partial charge on any atom is 0.264 e. The Balaban J connectivity index is 2.64. The van der Waals surface area contributed by atoms with Gasteiger partial charge in [0.1, 0.15) is 0 Å². The van der Waals surface area contributed by atoms with Crippen LogP contribution in [-0.2, 0) is 11.3 Å². The van der Waals surface area contributed by atoms with Crippen LogP contribution in [0.2, 0.25) is 0 Å². The van der Waals surface area contributed by atoms with Crippen molar-refractivity contribution in [2.75, 3.05) is 19.8 Å². The van der Waals surface area contributed by atoms with E-state index in [0.29, 0.717) is 29.5 Å². The number of pyridine rings is 1. The molecule has 1 rings (SSSR count). The van der Waals surface area contributed by atoms with Gasteiger partial charge in [0.05, 0.1) is 4.47 Å². The highest BCUT2D eigenvalue weighted by atomic mass is 79.9. The van der Waals surface area contributed by atoms with E-state index in [1.165, 1.54) is 9.47 Å². The third-order valence-corrected chi connectivity index (χ3v) is 2.92. The van der Waals surface area contributed by atoms with Crippen molar-refractivity contribution in [2.24, 2.45) is 0 Å². The van der Waals surface area contributed by atoms with Crippen LogP contribution in [0, 0.1) is 0 Å². The summed E-state index contributed by atoms with van der Waals surface area (Å²) in [4.78, 5) is 24.6. The number of carbonyl (C=O) groups is 1. The van der Waals surface area contributed by atoms with Crippen molar-refractivity contribution in [3.8, 4) is 0 Å². The van der Waals surface area contributed by atoms with Crippen LogP contribution in [-0.4, -0.2) is 29.5 Å². The Morgan fingerprint density at radius 3 is 2.76 bits per heavy atom. The van der Waals surface area contributed by atoms with Crippen molar-refractivity contribution >= 4 is 27.5 Å². The van der Waals surface area contributed by atoms with Gasteiger partial charge in [-0.1, -0.05) is 0 Å². The second-order valence-corrected chi connectivity index (χ2v) is 4.87. The monoisotopic (exact) mass is 301 g/mol. The molecule has 0 atom stereocenters. The van der Waals surface area contributed by atoms with Crippen LogP contribution in [0.3, 0.4) is 0 Å². The molecule has 1 aromatic rings. The first kappa shape index (κ1) is 13.8. The molecule has 0 saturated carbocycles. The molecule has 94 valence electrons. The number of anilines is 1. The van der Waals surface area contributed by atoms with Gasteiger partial charge in [-0.2, -0.15) is 0 Å². The number of rotatable bonds is 4. The molecule has 0 aromatic carbocycles. The van der Waals surface area contributed by atoms with Gasteiger partial charge in [0.2, 0.25) is 5.91 Å². The summed E-state index contributed by atoms with van der Waals surface area (Å²) >= 11 is 3.15. The first-order valence-electron chi connectivity index (χ1n) is 5.27. The van der Waals surface area contributed by atoms with Gasteiger partial charge in [0.15, 0.2) is 0 Å². The van der Waals surface area contributed by atoms with Gasteiger partial charge in [-0.15, -0.1) is 0 Å². The molecule has 2 N–H and O–H groups in total. The molecule has 6 heteroatoms. The van der Waals surface area contributed by atoms with Crippen molar-refractivity contribution in [3.63, 3.8) is 0 Å². The van der Waals surface area contributed by atoms with Crippen molar-refractivity contribution in [2.45, 2.75) is 19.4 Å². The summed E-state index contributed by atoms with van der Waals surface area (Å²) in [5.74, 6) is 0.0565. The van der Waals surface area contributed by atoms with Crippen LogP contribution in [0.25, 0.3) is 0 Å². The van der Waals surface area contributed by atoms with Gasteiger partial charge in [-0.05, 0) is 28.4 Å². The molecule has 0 spiro atoms. The highest BCUT2D eigenvalue weighted by Crippen LogP contribution is 2.08. The van der Waals surface area contributed by atoms with E-state index < -0.39 is 0 Å². The molecule has 0 aliphatic carbocycles. The highest BCUT2D eigenvalue weighted by molar-refractivity contribution is 9.10. The third kappa shape index (κ3) is 3.89. The first-order valence-corrected chi connectivity index (χ1v) is 6.06. The summed E-state index contributed by atoms with van der Waals surface area (Å²) in [6.07, 6.45) is 2.63. The van der Waals surface area contributed by atoms with Crippen LogP contribution >= 0.6 is 15.9 Å². The topological polar surface area (TPSA) is 68.3 Å². The van der Waals surface area contributed by atoms with E-state index >= 15 is 0 Å². The molecule has 0 saturated heterocycles. The molecule has 1 heterocycles. The zero-order valence-electron chi connectivity index (χ0n) is 9.94. The fourth-order valence-electron chi connectivity index (χ4n) is 1.41. The quantitative estimate of drug-likeness (QED) is 0.904. The minimum absolute atomic E-state index is 0.0565. The molecule has 0 aliphatic heterocycles. The van der Waals surface area contributed by atoms with E-state index in [1.807, 2.05) is 0 Å². The lowest BCUT2D eigenvalue weighted by Crippen LogP contribution is -2.24. The first-order chi connectivity index (χ1) is 7.91. The molecular formula is C11H16BrN3O2. The number of hydrogen-bond donors (Lipinski definition) is 1. The summed E-state index contributed by atoms with van der Waals surface area (Å²) in [6, 6.07) is 1.57. The average molecular weight is 302 g/mol. The molecule has 0 unspecified atom stereocenters. The smallest absolute Gasteiger partial charge is 0.264 e. The van der Waals surface area contributed by atoms with E-state index in [9.17, 15) is 9.59 Å². The molecule has 0 radical (unpaired) electrons. The predicted octanol–water partition coefficient (Wildman–Crippen LogP) is 1.06. The normalized spacial score (nSPS) is 10.3. The highest BCUT2D eigenvalue weighted by Gasteiger charge is 2.06. The second kappa shape index (κ2) is 5.86. The predicted molar refractivity (Wildman–Crippen MR) is 70.7 cm³/mol. The number of aryl methyl sites for hydroxylation is 1. The van der Waals surface area contributed by atoms with Crippen molar-refractivity contribution in [3.05, 3.63) is 27.1 Å². The molecular weight excluding hydrogens is 286 g/mol. The van der Waals surface area contributed by atoms with E-state index in [0.717, 1.165) is 0 Å². The number of aromatic nitrogens is 1. The van der Waals surface area contributed by atoms with Crippen molar-refractivity contribution in [1.82, 2.24) is 9.47 Å². The molecule has 1 aromatic heterocycles. The summed E-state index contributed by atoms with van der Waals surface area (Å²) in [5, 5.41) is 0. The lowest BCUT2D eigenvalue weighted by atomic mass is 10.3. The fourth-order valence-corrected chi connectivity index (χ4v) is 1.90. The fraction of sp³-hybridized carbons (Fsp3) is 0.455. The maximum absolute atomic E-state index is 11.7. The Bertz CT molecular complexity index is 468. The lowest BCUT2D eigenvalue weighted by molar-refractivity contribution is -0.128. The standard InChI is InChI=1S/C11H16BrN3O2/c1-14(2)10(16)4-3-5-15-7-8(13)6-9(12)11(15)17/h6-7H,3-5,13H2,1-2H3. The Kier molecular flexibility index (Phi) is 4.74. The number of nitrogens with zero attached hydrogens (tertiary/aromatic N) is 2. The molecule has 0 bridgehead atoms. The Morgan fingerprint density at radius 2 is 2.18 bits per heavy atom. The van der Waals surface area contributed by atoms with Gasteiger partial charge >= 0.3 is 0 Å². The summed E-state index contributed by atoms with van der Waals surface area (Å²) in [5.41, 5.74) is 6.04. The van der Waals surface area contributed by atoms with Gasteiger partial charge in [0.25, 0.3) is 5.56 Å². The number of amides is 1. The minimum atomic E-state index is -0.128. The lowest BCUT2D eigenvalue weighted by Gasteiger charge is -2.11. The Morgan fingerprint density at radius 1 is 1.53 bits per heavy atom. The number of halogens is 1. The Hall–Kier alpha value is -1.30. The van der Waals surface area contributed by atoms with Crippen molar-refractivity contribution < 1.29 is 4.79 Å². The number of nitrogens with two attached hydrogens (primary N) is 1. The second-order valence-electron chi connectivity index (χ2n) is 4.01. The third-order valence-electron chi connectivity index (χ3n) is 2.35. The van der Waals surface area contributed by atoms with E-state index in [2.05, 4.69) is 15.9 Å². The van der Waals surface area contributed by atoms with E-state index in [-0.39, 0.29) is 11.5 Å². The minimum Gasteiger partial charge on any atom is -0.398 e.